The van der Waals surface area contributed by atoms with Gasteiger partial charge in [-0.1, -0.05) is 6.92 Å². The Morgan fingerprint density at radius 1 is 1.00 bits per heavy atom. The van der Waals surface area contributed by atoms with Crippen LogP contribution in [0.25, 0.3) is 0 Å². The molecule has 4 N–H and O–H groups in total. The van der Waals surface area contributed by atoms with E-state index in [1.54, 1.807) is 20.8 Å². The van der Waals surface area contributed by atoms with Crippen LogP contribution in [0.5, 0.6) is 11.5 Å². The summed E-state index contributed by atoms with van der Waals surface area (Å²) in [5.74, 6) is -1.88. The zero-order chi connectivity index (χ0) is 27.0. The van der Waals surface area contributed by atoms with Gasteiger partial charge in [-0.2, -0.15) is 0 Å². The summed E-state index contributed by atoms with van der Waals surface area (Å²) in [5, 5.41) is 44.3. The molecule has 0 bridgehead atoms. The maximum atomic E-state index is 14.1. The third-order valence-corrected chi connectivity index (χ3v) is 9.81. The topological polar surface area (TPSA) is 152 Å². The van der Waals surface area contributed by atoms with Gasteiger partial charge < -0.3 is 39.4 Å². The van der Waals surface area contributed by atoms with E-state index in [4.69, 9.17) is 18.9 Å². The molecule has 6 aliphatic rings. The second-order valence-electron chi connectivity index (χ2n) is 11.6. The summed E-state index contributed by atoms with van der Waals surface area (Å²) in [6.07, 6.45) is -3.17. The molecule has 3 fully saturated rings. The largest absolute Gasteiger partial charge is 0.507 e. The number of carbonyl (C=O) groups excluding carboxylic acids is 2. The Hall–Kier alpha value is -2.34. The van der Waals surface area contributed by atoms with Crippen molar-refractivity contribution in [1.82, 2.24) is 0 Å². The summed E-state index contributed by atoms with van der Waals surface area (Å²) in [6.45, 7) is 7.10. The van der Waals surface area contributed by atoms with Gasteiger partial charge in [-0.15, -0.1) is 0 Å². The van der Waals surface area contributed by atoms with Crippen molar-refractivity contribution >= 4 is 11.6 Å². The molecule has 2 saturated heterocycles. The van der Waals surface area contributed by atoms with Crippen LogP contribution in [0.15, 0.2) is 11.1 Å². The highest BCUT2D eigenvalue weighted by Crippen LogP contribution is 2.79. The minimum Gasteiger partial charge on any atom is -0.507 e. The predicted molar refractivity (Wildman–Crippen MR) is 129 cm³/mol. The van der Waals surface area contributed by atoms with E-state index in [-0.39, 0.29) is 39.9 Å². The number of aromatic hydroxyl groups is 2. The Bertz CT molecular complexity index is 1330. The Labute approximate surface area is 219 Å². The number of phenolic OH excluding ortho intramolecular Hbond substituents is 2. The average Bonchev–Trinajstić information content (AvgIpc) is 3.37. The molecule has 5 unspecified atom stereocenters. The number of fused-ring (bicyclic) bond motifs is 3. The molecule has 10 nitrogen and oxygen atoms in total. The standard InChI is InChI=1S/C28H32O10/c1-5-12-8-13-16(10(3)35-12)22(31)18-17(21(13)30)23(32)19-20(24(18)33)27-25(19)37-11(4)28(27,34)26(27)38-15-7-6-14(29)9(2)36-15/h9-12,14-15,25-26,29-31,34H,5-8H2,1-4H3/t9-,10-,11?,12-,14-,15-,25?,26?,27?,28?/m0/s1. The van der Waals surface area contributed by atoms with Crippen LogP contribution in [-0.2, 0) is 25.4 Å². The highest BCUT2D eigenvalue weighted by molar-refractivity contribution is 6.32. The number of aliphatic hydroxyl groups excluding tert-OH is 1. The molecule has 3 aliphatic carbocycles. The van der Waals surface area contributed by atoms with Crippen LogP contribution < -0.4 is 0 Å². The van der Waals surface area contributed by atoms with Gasteiger partial charge in [0, 0.05) is 35.1 Å². The molecule has 204 valence electrons. The molecule has 1 saturated carbocycles. The number of Topliss-reactive ketones (excluding diaryl/α,β-unsaturated/α-hetero) is 2. The van der Waals surface area contributed by atoms with Crippen molar-refractivity contribution < 1.29 is 49.0 Å². The Kier molecular flexibility index (Phi) is 4.97. The number of phenols is 2. The number of benzene rings is 1. The first-order valence-electron chi connectivity index (χ1n) is 13.5. The molecular formula is C28H32O10. The Balaban J connectivity index is 1.31. The van der Waals surface area contributed by atoms with Crippen molar-refractivity contribution in [2.24, 2.45) is 5.41 Å². The van der Waals surface area contributed by atoms with E-state index in [2.05, 4.69) is 0 Å². The van der Waals surface area contributed by atoms with Crippen molar-refractivity contribution in [3.05, 3.63) is 33.4 Å². The molecule has 10 heteroatoms. The van der Waals surface area contributed by atoms with Gasteiger partial charge in [0.05, 0.1) is 47.1 Å². The molecular weight excluding hydrogens is 496 g/mol. The van der Waals surface area contributed by atoms with Gasteiger partial charge in [0.15, 0.2) is 17.9 Å². The van der Waals surface area contributed by atoms with Crippen molar-refractivity contribution in [3.8, 4) is 11.5 Å². The van der Waals surface area contributed by atoms with Gasteiger partial charge in [0.25, 0.3) is 0 Å². The van der Waals surface area contributed by atoms with Crippen LogP contribution in [-0.4, -0.2) is 80.5 Å². The fraction of sp³-hybridized carbons (Fsp3) is 0.643. The van der Waals surface area contributed by atoms with E-state index < -0.39 is 65.5 Å². The SMILES string of the molecule is CC[C@H]1Cc2c(O)c3c(c(O)c2[C@H](C)O1)C(=O)C1=C(C3=O)C2OC(C)C3(O)C(O[C@H]4CC[C@H](O)[C@H](C)O4)C123. The first kappa shape index (κ1) is 24.7. The van der Waals surface area contributed by atoms with E-state index in [1.165, 1.54) is 0 Å². The van der Waals surface area contributed by atoms with Gasteiger partial charge in [-0.3, -0.25) is 9.59 Å². The van der Waals surface area contributed by atoms with E-state index in [0.717, 1.165) is 0 Å². The average molecular weight is 529 g/mol. The maximum absolute atomic E-state index is 14.1. The zero-order valence-corrected chi connectivity index (χ0v) is 21.7. The highest BCUT2D eigenvalue weighted by atomic mass is 16.7. The first-order chi connectivity index (χ1) is 18.0. The fourth-order valence-corrected chi connectivity index (χ4v) is 7.77. The molecule has 0 radical (unpaired) electrons. The lowest BCUT2D eigenvalue weighted by Gasteiger charge is -2.43. The fourth-order valence-electron chi connectivity index (χ4n) is 7.77. The number of rotatable bonds is 3. The molecule has 0 aromatic heterocycles. The molecule has 3 aliphatic heterocycles. The third-order valence-electron chi connectivity index (χ3n) is 9.81. The summed E-state index contributed by atoms with van der Waals surface area (Å²) in [6, 6.07) is 0. The number of ketones is 2. The number of hydrogen-bond donors (Lipinski definition) is 4. The summed E-state index contributed by atoms with van der Waals surface area (Å²) in [4.78, 5) is 27.9. The van der Waals surface area contributed by atoms with Gasteiger partial charge in [0.2, 0.25) is 0 Å². The minimum absolute atomic E-state index is 0.0752. The molecule has 1 aromatic carbocycles. The van der Waals surface area contributed by atoms with Crippen molar-refractivity contribution in [2.75, 3.05) is 0 Å². The van der Waals surface area contributed by atoms with Gasteiger partial charge >= 0.3 is 0 Å². The van der Waals surface area contributed by atoms with Gasteiger partial charge in [-0.05, 0) is 33.6 Å². The lowest BCUT2D eigenvalue weighted by molar-refractivity contribution is -0.237. The monoisotopic (exact) mass is 528 g/mol. The van der Waals surface area contributed by atoms with Crippen LogP contribution >= 0.6 is 0 Å². The minimum atomic E-state index is -1.57. The van der Waals surface area contributed by atoms with Crippen molar-refractivity contribution in [3.63, 3.8) is 0 Å². The Morgan fingerprint density at radius 3 is 2.39 bits per heavy atom. The summed E-state index contributed by atoms with van der Waals surface area (Å²) in [7, 11) is 0. The second kappa shape index (κ2) is 7.65. The highest BCUT2D eigenvalue weighted by Gasteiger charge is 2.94. The number of ether oxygens (including phenoxy) is 4. The molecule has 3 heterocycles. The molecule has 0 amide bonds. The van der Waals surface area contributed by atoms with Crippen LogP contribution in [0, 0.1) is 5.41 Å². The van der Waals surface area contributed by atoms with Crippen molar-refractivity contribution in [1.29, 1.82) is 0 Å². The van der Waals surface area contributed by atoms with Gasteiger partial charge in [-0.25, -0.2) is 0 Å². The lowest BCUT2D eigenvalue weighted by Crippen LogP contribution is -2.50. The zero-order valence-electron chi connectivity index (χ0n) is 21.7. The van der Waals surface area contributed by atoms with E-state index in [1.807, 2.05) is 6.92 Å². The summed E-state index contributed by atoms with van der Waals surface area (Å²) >= 11 is 0. The smallest absolute Gasteiger partial charge is 0.196 e. The third kappa shape index (κ3) is 2.59. The first-order valence-corrected chi connectivity index (χ1v) is 13.5. The number of hydrogen-bond acceptors (Lipinski definition) is 10. The summed E-state index contributed by atoms with van der Waals surface area (Å²) < 4.78 is 24.0. The molecule has 10 atom stereocenters. The predicted octanol–water partition coefficient (Wildman–Crippen LogP) is 1.99. The number of aliphatic hydroxyl groups is 2. The van der Waals surface area contributed by atoms with Crippen LogP contribution in [0.2, 0.25) is 0 Å². The van der Waals surface area contributed by atoms with E-state index in [9.17, 15) is 30.0 Å². The van der Waals surface area contributed by atoms with Crippen LogP contribution in [0.4, 0.5) is 0 Å². The van der Waals surface area contributed by atoms with Crippen molar-refractivity contribution in [2.45, 2.75) is 108 Å². The molecule has 1 aromatic rings. The second-order valence-corrected chi connectivity index (χ2v) is 11.6. The van der Waals surface area contributed by atoms with Crippen LogP contribution in [0.3, 0.4) is 0 Å². The number of carbonyl (C=O) groups is 2. The van der Waals surface area contributed by atoms with Crippen LogP contribution in [0.1, 0.15) is 84.9 Å². The maximum Gasteiger partial charge on any atom is 0.196 e. The molecule has 7 rings (SSSR count). The molecule has 38 heavy (non-hydrogen) atoms. The van der Waals surface area contributed by atoms with E-state index in [0.29, 0.717) is 36.8 Å². The quantitative estimate of drug-likeness (QED) is 0.429. The lowest BCUT2D eigenvalue weighted by atomic mass is 9.61. The normalized spacial score (nSPS) is 44.6. The Morgan fingerprint density at radius 2 is 1.71 bits per heavy atom. The summed E-state index contributed by atoms with van der Waals surface area (Å²) in [5.41, 5.74) is -2.42. The molecule has 1 spiro atoms. The van der Waals surface area contributed by atoms with Gasteiger partial charge in [0.1, 0.15) is 29.3 Å². The van der Waals surface area contributed by atoms with E-state index >= 15 is 0 Å².